The second-order valence-corrected chi connectivity index (χ2v) is 12.1. The van der Waals surface area contributed by atoms with Crippen LogP contribution in [0.1, 0.15) is 25.0 Å². The third-order valence-corrected chi connectivity index (χ3v) is 9.01. The molecular formula is C42H31N3. The largest absolute Gasteiger partial charge is 0.255 e. The number of fused-ring (bicyclic) bond motifs is 3. The maximum absolute atomic E-state index is 4.92. The van der Waals surface area contributed by atoms with Gasteiger partial charge in [-0.25, -0.2) is 4.98 Å². The maximum atomic E-state index is 4.92. The fraction of sp³-hybridized carbons (Fsp3) is 0.0714. The molecule has 214 valence electrons. The van der Waals surface area contributed by atoms with Crippen molar-refractivity contribution in [3.8, 4) is 67.3 Å². The van der Waals surface area contributed by atoms with Gasteiger partial charge in [0.2, 0.25) is 0 Å². The van der Waals surface area contributed by atoms with E-state index in [4.69, 9.17) is 4.98 Å². The van der Waals surface area contributed by atoms with Crippen LogP contribution in [0.5, 0.6) is 0 Å². The molecule has 3 aromatic heterocycles. The van der Waals surface area contributed by atoms with Crippen molar-refractivity contribution < 1.29 is 0 Å². The number of hydrogen-bond acceptors (Lipinski definition) is 3. The van der Waals surface area contributed by atoms with Crippen LogP contribution in [-0.4, -0.2) is 15.0 Å². The van der Waals surface area contributed by atoms with E-state index < -0.39 is 0 Å². The van der Waals surface area contributed by atoms with Crippen LogP contribution in [0, 0.1) is 0 Å². The highest BCUT2D eigenvalue weighted by Crippen LogP contribution is 2.49. The molecule has 0 unspecified atom stereocenters. The Hall–Kier alpha value is -5.67. The lowest BCUT2D eigenvalue weighted by Gasteiger charge is -2.22. The lowest BCUT2D eigenvalue weighted by molar-refractivity contribution is 0.660. The van der Waals surface area contributed by atoms with Crippen molar-refractivity contribution in [3.63, 3.8) is 0 Å². The number of nitrogens with zero attached hydrogens (tertiary/aromatic N) is 3. The van der Waals surface area contributed by atoms with Crippen LogP contribution in [0.2, 0.25) is 0 Å². The van der Waals surface area contributed by atoms with Gasteiger partial charge in [-0.2, -0.15) is 0 Å². The molecule has 0 saturated carbocycles. The fourth-order valence-electron chi connectivity index (χ4n) is 6.61. The first kappa shape index (κ1) is 26.9. The number of benzene rings is 4. The highest BCUT2D eigenvalue weighted by atomic mass is 14.8. The van der Waals surface area contributed by atoms with E-state index in [0.717, 1.165) is 33.9 Å². The molecule has 45 heavy (non-hydrogen) atoms. The van der Waals surface area contributed by atoms with Gasteiger partial charge in [0.1, 0.15) is 0 Å². The van der Waals surface area contributed by atoms with Crippen molar-refractivity contribution in [1.29, 1.82) is 0 Å². The van der Waals surface area contributed by atoms with Crippen LogP contribution in [-0.2, 0) is 5.41 Å². The average Bonchev–Trinajstić information content (AvgIpc) is 3.34. The normalized spacial score (nSPS) is 12.8. The first-order valence-electron chi connectivity index (χ1n) is 15.4. The van der Waals surface area contributed by atoms with Crippen LogP contribution >= 0.6 is 0 Å². The van der Waals surface area contributed by atoms with E-state index >= 15 is 0 Å². The lowest BCUT2D eigenvalue weighted by Crippen LogP contribution is -2.14. The zero-order valence-corrected chi connectivity index (χ0v) is 25.3. The Bertz CT molecular complexity index is 2110. The minimum Gasteiger partial charge on any atom is -0.255 e. The Balaban J connectivity index is 1.13. The summed E-state index contributed by atoms with van der Waals surface area (Å²) in [6.07, 6.45) is 3.60. The van der Waals surface area contributed by atoms with Gasteiger partial charge in [-0.15, -0.1) is 0 Å². The minimum atomic E-state index is -0.0186. The fourth-order valence-corrected chi connectivity index (χ4v) is 6.61. The second-order valence-electron chi connectivity index (χ2n) is 12.1. The summed E-state index contributed by atoms with van der Waals surface area (Å²) in [5.41, 5.74) is 15.8. The molecule has 3 nitrogen and oxygen atoms in total. The summed E-state index contributed by atoms with van der Waals surface area (Å²) in [5, 5.41) is 0. The van der Waals surface area contributed by atoms with Crippen molar-refractivity contribution in [3.05, 3.63) is 163 Å². The molecule has 0 spiro atoms. The summed E-state index contributed by atoms with van der Waals surface area (Å²) in [5.74, 6) is 0. The maximum Gasteiger partial charge on any atom is 0.0900 e. The predicted octanol–water partition coefficient (Wildman–Crippen LogP) is 10.5. The summed E-state index contributed by atoms with van der Waals surface area (Å²) in [4.78, 5) is 14.0. The topological polar surface area (TPSA) is 38.7 Å². The molecule has 3 heteroatoms. The van der Waals surface area contributed by atoms with E-state index in [1.165, 1.54) is 44.5 Å². The lowest BCUT2D eigenvalue weighted by atomic mass is 9.81. The number of hydrogen-bond donors (Lipinski definition) is 0. The molecule has 0 aliphatic heterocycles. The summed E-state index contributed by atoms with van der Waals surface area (Å²) < 4.78 is 0. The standard InChI is InChI=1S/C42H31N3/c1-42(2)36-13-4-3-12-34(36)35-21-20-32(25-37(35)42)31-11-9-10-30(24-31)28-16-18-29(19-17-28)33-26-40(38-14-5-7-22-43-38)45-41(27-33)39-15-6-8-23-44-39/h3-27H,1-2H3. The van der Waals surface area contributed by atoms with Gasteiger partial charge >= 0.3 is 0 Å². The van der Waals surface area contributed by atoms with E-state index in [1.54, 1.807) is 12.4 Å². The Morgan fingerprint density at radius 1 is 0.378 bits per heavy atom. The van der Waals surface area contributed by atoms with Crippen LogP contribution < -0.4 is 0 Å². The first-order valence-corrected chi connectivity index (χ1v) is 15.4. The third kappa shape index (κ3) is 4.83. The van der Waals surface area contributed by atoms with Gasteiger partial charge in [0, 0.05) is 17.8 Å². The van der Waals surface area contributed by atoms with Crippen LogP contribution in [0.25, 0.3) is 67.3 Å². The van der Waals surface area contributed by atoms with E-state index in [1.807, 2.05) is 36.4 Å². The van der Waals surface area contributed by atoms with Crippen molar-refractivity contribution in [1.82, 2.24) is 15.0 Å². The quantitative estimate of drug-likeness (QED) is 0.204. The molecule has 4 aromatic carbocycles. The van der Waals surface area contributed by atoms with Crippen molar-refractivity contribution in [2.24, 2.45) is 0 Å². The molecule has 0 atom stereocenters. The molecule has 0 radical (unpaired) electrons. The van der Waals surface area contributed by atoms with Gasteiger partial charge in [0.25, 0.3) is 0 Å². The van der Waals surface area contributed by atoms with Gasteiger partial charge in [-0.1, -0.05) is 105 Å². The van der Waals surface area contributed by atoms with Gasteiger partial charge in [0.15, 0.2) is 0 Å². The van der Waals surface area contributed by atoms with Crippen molar-refractivity contribution in [2.45, 2.75) is 19.3 Å². The third-order valence-electron chi connectivity index (χ3n) is 9.01. The molecule has 1 aliphatic rings. The average molecular weight is 578 g/mol. The Morgan fingerprint density at radius 3 is 1.56 bits per heavy atom. The van der Waals surface area contributed by atoms with E-state index in [2.05, 4.69) is 127 Å². The first-order chi connectivity index (χ1) is 22.0. The Labute approximate surface area is 264 Å². The Kier molecular flexibility index (Phi) is 6.46. The van der Waals surface area contributed by atoms with Gasteiger partial charge in [0.05, 0.1) is 22.8 Å². The van der Waals surface area contributed by atoms with E-state index in [9.17, 15) is 0 Å². The predicted molar refractivity (Wildman–Crippen MR) is 185 cm³/mol. The second kappa shape index (κ2) is 10.8. The molecule has 0 N–H and O–H groups in total. The van der Waals surface area contributed by atoms with Gasteiger partial charge in [-0.3, -0.25) is 9.97 Å². The smallest absolute Gasteiger partial charge is 0.0900 e. The summed E-state index contributed by atoms with van der Waals surface area (Å²) in [7, 11) is 0. The number of aromatic nitrogens is 3. The molecule has 0 bridgehead atoms. The molecule has 0 saturated heterocycles. The van der Waals surface area contributed by atoms with Crippen LogP contribution in [0.4, 0.5) is 0 Å². The van der Waals surface area contributed by atoms with E-state index in [-0.39, 0.29) is 5.41 Å². The molecular weight excluding hydrogens is 546 g/mol. The monoisotopic (exact) mass is 577 g/mol. The zero-order chi connectivity index (χ0) is 30.4. The molecule has 0 amide bonds. The Morgan fingerprint density at radius 2 is 0.911 bits per heavy atom. The SMILES string of the molecule is CC1(C)c2ccccc2-c2ccc(-c3cccc(-c4ccc(-c5cc(-c6ccccn6)nc(-c6ccccn6)c5)cc4)c3)cc21. The summed E-state index contributed by atoms with van der Waals surface area (Å²) in [6.45, 7) is 4.67. The molecule has 7 aromatic rings. The van der Waals surface area contributed by atoms with E-state index in [0.29, 0.717) is 0 Å². The van der Waals surface area contributed by atoms with Crippen LogP contribution in [0.3, 0.4) is 0 Å². The van der Waals surface area contributed by atoms with Crippen molar-refractivity contribution in [2.75, 3.05) is 0 Å². The highest BCUT2D eigenvalue weighted by molar-refractivity contribution is 5.84. The summed E-state index contributed by atoms with van der Waals surface area (Å²) >= 11 is 0. The molecule has 3 heterocycles. The van der Waals surface area contributed by atoms with Crippen LogP contribution in [0.15, 0.2) is 152 Å². The van der Waals surface area contributed by atoms with Gasteiger partial charge in [-0.05, 0) is 104 Å². The van der Waals surface area contributed by atoms with Crippen molar-refractivity contribution >= 4 is 0 Å². The zero-order valence-electron chi connectivity index (χ0n) is 25.3. The molecule has 1 aliphatic carbocycles. The minimum absolute atomic E-state index is 0.0186. The molecule has 0 fully saturated rings. The number of pyridine rings is 3. The highest BCUT2D eigenvalue weighted by Gasteiger charge is 2.35. The van der Waals surface area contributed by atoms with Gasteiger partial charge < -0.3 is 0 Å². The number of rotatable bonds is 5. The summed E-state index contributed by atoms with van der Waals surface area (Å²) in [6, 6.07) is 49.4. The molecule has 8 rings (SSSR count).